The minimum atomic E-state index is -0.0284. The topological polar surface area (TPSA) is 43.8 Å². The van der Waals surface area contributed by atoms with Crippen LogP contribution in [0.5, 0.6) is 0 Å². The van der Waals surface area contributed by atoms with Crippen LogP contribution in [0.4, 0.5) is 0 Å². The van der Waals surface area contributed by atoms with Crippen LogP contribution in [0.1, 0.15) is 36.1 Å². The van der Waals surface area contributed by atoms with Gasteiger partial charge in [0.15, 0.2) is 0 Å². The van der Waals surface area contributed by atoms with Crippen LogP contribution in [0, 0.1) is 6.92 Å². The summed E-state index contributed by atoms with van der Waals surface area (Å²) in [6, 6.07) is 2.05. The molecule has 21 heavy (non-hydrogen) atoms. The standard InChI is InChI=1S/C16H26N2O2S/c1-13-7-11-21-15(13)12-18(9-10-19)16(20)14-6-4-3-5-8-17(14)2/h7,11,14,19H,3-6,8-10,12H2,1-2H3. The lowest BCUT2D eigenvalue weighted by molar-refractivity contribution is -0.137. The van der Waals surface area contributed by atoms with Gasteiger partial charge in [-0.1, -0.05) is 12.8 Å². The van der Waals surface area contributed by atoms with E-state index in [9.17, 15) is 9.90 Å². The summed E-state index contributed by atoms with van der Waals surface area (Å²) < 4.78 is 0. The van der Waals surface area contributed by atoms with Gasteiger partial charge in [0.2, 0.25) is 5.91 Å². The van der Waals surface area contributed by atoms with Crippen molar-refractivity contribution in [3.63, 3.8) is 0 Å². The van der Waals surface area contributed by atoms with Crippen molar-refractivity contribution in [1.82, 2.24) is 9.80 Å². The highest BCUT2D eigenvalue weighted by atomic mass is 32.1. The fourth-order valence-electron chi connectivity index (χ4n) is 2.90. The summed E-state index contributed by atoms with van der Waals surface area (Å²) in [5.74, 6) is 0.168. The molecular weight excluding hydrogens is 284 g/mol. The third-order valence-electron chi connectivity index (χ3n) is 4.29. The van der Waals surface area contributed by atoms with Gasteiger partial charge in [-0.15, -0.1) is 11.3 Å². The van der Waals surface area contributed by atoms with Crippen LogP contribution in [0.15, 0.2) is 11.4 Å². The van der Waals surface area contributed by atoms with Crippen molar-refractivity contribution in [2.24, 2.45) is 0 Å². The van der Waals surface area contributed by atoms with Crippen LogP contribution in [-0.4, -0.2) is 53.6 Å². The predicted molar refractivity (Wildman–Crippen MR) is 86.4 cm³/mol. The molecule has 1 amide bonds. The average Bonchev–Trinajstić information content (AvgIpc) is 2.74. The lowest BCUT2D eigenvalue weighted by Crippen LogP contribution is -2.47. The van der Waals surface area contributed by atoms with Crippen LogP contribution in [0.3, 0.4) is 0 Å². The van der Waals surface area contributed by atoms with Crippen molar-refractivity contribution in [1.29, 1.82) is 0 Å². The zero-order valence-electron chi connectivity index (χ0n) is 13.0. The average molecular weight is 310 g/mol. The normalized spacial score (nSPS) is 20.2. The molecule has 1 aliphatic rings. The Kier molecular flexibility index (Phi) is 6.21. The van der Waals surface area contributed by atoms with E-state index in [1.54, 1.807) is 11.3 Å². The SMILES string of the molecule is Cc1ccsc1CN(CCO)C(=O)C1CCCCCN1C. The Morgan fingerprint density at radius 2 is 2.29 bits per heavy atom. The Hall–Kier alpha value is -0.910. The molecule has 0 radical (unpaired) electrons. The molecular formula is C16H26N2O2S. The number of rotatable bonds is 5. The summed E-state index contributed by atoms with van der Waals surface area (Å²) in [6.45, 7) is 4.12. The van der Waals surface area contributed by atoms with Crippen molar-refractivity contribution in [3.05, 3.63) is 21.9 Å². The second kappa shape index (κ2) is 7.92. The van der Waals surface area contributed by atoms with Gasteiger partial charge in [-0.3, -0.25) is 9.69 Å². The molecule has 5 heteroatoms. The number of carbonyl (C=O) groups is 1. The van der Waals surface area contributed by atoms with E-state index < -0.39 is 0 Å². The first-order chi connectivity index (χ1) is 10.1. The summed E-state index contributed by atoms with van der Waals surface area (Å²) in [4.78, 5) is 18.1. The molecule has 1 unspecified atom stereocenters. The number of likely N-dealkylation sites (N-methyl/N-ethyl adjacent to an activating group) is 1. The number of aryl methyl sites for hydroxylation is 1. The van der Waals surface area contributed by atoms with Crippen LogP contribution >= 0.6 is 11.3 Å². The van der Waals surface area contributed by atoms with Crippen LogP contribution in [0.2, 0.25) is 0 Å². The van der Waals surface area contributed by atoms with Gasteiger partial charge in [-0.2, -0.15) is 0 Å². The van der Waals surface area contributed by atoms with Gasteiger partial charge >= 0.3 is 0 Å². The monoisotopic (exact) mass is 310 g/mol. The molecule has 2 rings (SSSR count). The first-order valence-corrected chi connectivity index (χ1v) is 8.64. The van der Waals surface area contributed by atoms with Gasteiger partial charge in [0.25, 0.3) is 0 Å². The Bertz CT molecular complexity index is 461. The molecule has 1 saturated heterocycles. The highest BCUT2D eigenvalue weighted by molar-refractivity contribution is 7.10. The molecule has 1 fully saturated rings. The highest BCUT2D eigenvalue weighted by Crippen LogP contribution is 2.21. The quantitative estimate of drug-likeness (QED) is 0.907. The molecule has 0 aliphatic carbocycles. The Morgan fingerprint density at radius 1 is 1.48 bits per heavy atom. The van der Waals surface area contributed by atoms with E-state index >= 15 is 0 Å². The third-order valence-corrected chi connectivity index (χ3v) is 5.30. The first-order valence-electron chi connectivity index (χ1n) is 7.76. The van der Waals surface area contributed by atoms with E-state index in [1.807, 2.05) is 11.9 Å². The van der Waals surface area contributed by atoms with E-state index in [2.05, 4.69) is 23.3 Å². The van der Waals surface area contributed by atoms with E-state index in [-0.39, 0.29) is 18.6 Å². The third kappa shape index (κ3) is 4.28. The molecule has 0 bridgehead atoms. The highest BCUT2D eigenvalue weighted by Gasteiger charge is 2.29. The summed E-state index contributed by atoms with van der Waals surface area (Å²) in [6.07, 6.45) is 4.43. The maximum atomic E-state index is 12.9. The number of hydrogen-bond acceptors (Lipinski definition) is 4. The molecule has 1 aromatic rings. The molecule has 0 saturated carbocycles. The fourth-order valence-corrected chi connectivity index (χ4v) is 3.82. The second-order valence-electron chi connectivity index (χ2n) is 5.86. The molecule has 1 atom stereocenters. The minimum absolute atomic E-state index is 0.0204. The molecule has 1 aliphatic heterocycles. The maximum Gasteiger partial charge on any atom is 0.240 e. The second-order valence-corrected chi connectivity index (χ2v) is 6.86. The van der Waals surface area contributed by atoms with Gasteiger partial charge in [-0.05, 0) is 50.4 Å². The molecule has 0 aromatic carbocycles. The van der Waals surface area contributed by atoms with Gasteiger partial charge in [0.1, 0.15) is 0 Å². The Labute approximate surface area is 131 Å². The molecule has 1 aromatic heterocycles. The fraction of sp³-hybridized carbons (Fsp3) is 0.688. The molecule has 2 heterocycles. The summed E-state index contributed by atoms with van der Waals surface area (Å²) >= 11 is 1.68. The molecule has 4 nitrogen and oxygen atoms in total. The number of thiophene rings is 1. The van der Waals surface area contributed by atoms with Crippen molar-refractivity contribution in [2.75, 3.05) is 26.7 Å². The molecule has 1 N–H and O–H groups in total. The first kappa shape index (κ1) is 16.5. The lowest BCUT2D eigenvalue weighted by atomic mass is 10.1. The summed E-state index contributed by atoms with van der Waals surface area (Å²) in [5.41, 5.74) is 1.23. The van der Waals surface area contributed by atoms with Gasteiger partial charge in [0, 0.05) is 11.4 Å². The van der Waals surface area contributed by atoms with Gasteiger partial charge in [-0.25, -0.2) is 0 Å². The van der Waals surface area contributed by atoms with Crippen molar-refractivity contribution in [2.45, 2.75) is 45.2 Å². The van der Waals surface area contributed by atoms with E-state index in [4.69, 9.17) is 0 Å². The number of nitrogens with zero attached hydrogens (tertiary/aromatic N) is 2. The van der Waals surface area contributed by atoms with Crippen molar-refractivity contribution in [3.8, 4) is 0 Å². The van der Waals surface area contributed by atoms with Gasteiger partial charge in [0.05, 0.1) is 19.2 Å². The van der Waals surface area contributed by atoms with Crippen LogP contribution in [0.25, 0.3) is 0 Å². The van der Waals surface area contributed by atoms with Gasteiger partial charge < -0.3 is 10.0 Å². The number of aliphatic hydroxyl groups excluding tert-OH is 1. The van der Waals surface area contributed by atoms with E-state index in [1.165, 1.54) is 23.3 Å². The number of hydrogen-bond donors (Lipinski definition) is 1. The van der Waals surface area contributed by atoms with E-state index in [0.29, 0.717) is 13.1 Å². The largest absolute Gasteiger partial charge is 0.395 e. The Morgan fingerprint density at radius 3 is 2.95 bits per heavy atom. The smallest absolute Gasteiger partial charge is 0.240 e. The maximum absolute atomic E-state index is 12.9. The number of likely N-dealkylation sites (tertiary alicyclic amines) is 1. The zero-order valence-corrected chi connectivity index (χ0v) is 13.9. The van der Waals surface area contributed by atoms with Crippen molar-refractivity contribution < 1.29 is 9.90 Å². The summed E-state index contributed by atoms with van der Waals surface area (Å²) in [5, 5.41) is 11.4. The zero-order chi connectivity index (χ0) is 15.2. The number of aliphatic hydroxyl groups is 1. The van der Waals surface area contributed by atoms with Crippen LogP contribution in [-0.2, 0) is 11.3 Å². The predicted octanol–water partition coefficient (Wildman–Crippen LogP) is 2.25. The lowest BCUT2D eigenvalue weighted by Gasteiger charge is -2.31. The van der Waals surface area contributed by atoms with Crippen LogP contribution < -0.4 is 0 Å². The van der Waals surface area contributed by atoms with E-state index in [0.717, 1.165) is 19.4 Å². The van der Waals surface area contributed by atoms with Crippen molar-refractivity contribution >= 4 is 17.2 Å². The number of amides is 1. The Balaban J connectivity index is 2.08. The minimum Gasteiger partial charge on any atom is -0.395 e. The molecule has 0 spiro atoms. The summed E-state index contributed by atoms with van der Waals surface area (Å²) in [7, 11) is 2.04. The number of carbonyl (C=O) groups excluding carboxylic acids is 1. The molecule has 118 valence electrons.